The van der Waals surface area contributed by atoms with Crippen LogP contribution in [0.2, 0.25) is 0 Å². The van der Waals surface area contributed by atoms with Gasteiger partial charge in [0.25, 0.3) is 5.22 Å². The number of sulfone groups is 1. The van der Waals surface area contributed by atoms with Crippen molar-refractivity contribution < 1.29 is 17.6 Å². The molecule has 1 atom stereocenters. The summed E-state index contributed by atoms with van der Waals surface area (Å²) in [5.41, 5.74) is 2.12. The van der Waals surface area contributed by atoms with Crippen molar-refractivity contribution in [3.8, 4) is 11.5 Å². The van der Waals surface area contributed by atoms with Crippen molar-refractivity contribution in [2.75, 3.05) is 23.8 Å². The lowest BCUT2D eigenvalue weighted by Gasteiger charge is -2.28. The van der Waals surface area contributed by atoms with Crippen molar-refractivity contribution in [3.63, 3.8) is 0 Å². The summed E-state index contributed by atoms with van der Waals surface area (Å²) >= 11 is 1.19. The van der Waals surface area contributed by atoms with Crippen LogP contribution >= 0.6 is 11.8 Å². The SMILES string of the molecule is CCCCN(C(=O)CSc1nnc(-c2ccc(C(C)(C)C)cc2)o1)C1CCS(=O)(=O)C1. The summed E-state index contributed by atoms with van der Waals surface area (Å²) in [6, 6.07) is 7.79. The first-order valence-electron chi connectivity index (χ1n) is 10.7. The fourth-order valence-corrected chi connectivity index (χ4v) is 5.94. The molecule has 7 nitrogen and oxygen atoms in total. The number of amides is 1. The summed E-state index contributed by atoms with van der Waals surface area (Å²) in [7, 11) is -3.05. The Bertz CT molecular complexity index is 995. The molecule has 1 aromatic heterocycles. The van der Waals surface area contributed by atoms with Crippen LogP contribution in [0, 0.1) is 0 Å². The highest BCUT2D eigenvalue weighted by Crippen LogP contribution is 2.28. The number of hydrogen-bond acceptors (Lipinski definition) is 7. The van der Waals surface area contributed by atoms with Crippen LogP contribution < -0.4 is 0 Å². The Hall–Kier alpha value is -1.87. The molecule has 1 aromatic carbocycles. The summed E-state index contributed by atoms with van der Waals surface area (Å²) < 4.78 is 29.5. The van der Waals surface area contributed by atoms with Gasteiger partial charge in [-0.25, -0.2) is 8.42 Å². The molecule has 31 heavy (non-hydrogen) atoms. The topological polar surface area (TPSA) is 93.4 Å². The monoisotopic (exact) mass is 465 g/mol. The molecule has 0 bridgehead atoms. The fraction of sp³-hybridized carbons (Fsp3) is 0.591. The van der Waals surface area contributed by atoms with Crippen molar-refractivity contribution in [1.82, 2.24) is 15.1 Å². The second-order valence-electron chi connectivity index (χ2n) is 8.99. The second kappa shape index (κ2) is 9.73. The number of aromatic nitrogens is 2. The van der Waals surface area contributed by atoms with Gasteiger partial charge in [-0.1, -0.05) is 58.0 Å². The average molecular weight is 466 g/mol. The van der Waals surface area contributed by atoms with E-state index in [0.29, 0.717) is 24.1 Å². The number of carbonyl (C=O) groups excluding carboxylic acids is 1. The lowest BCUT2D eigenvalue weighted by atomic mass is 9.87. The molecule has 1 aliphatic heterocycles. The molecule has 1 saturated heterocycles. The van der Waals surface area contributed by atoms with Gasteiger partial charge in [0.15, 0.2) is 9.84 Å². The first kappa shape index (κ1) is 23.8. The zero-order valence-electron chi connectivity index (χ0n) is 18.6. The lowest BCUT2D eigenvalue weighted by molar-refractivity contribution is -0.130. The predicted octanol–water partition coefficient (Wildman–Crippen LogP) is 3.94. The minimum atomic E-state index is -3.05. The number of rotatable bonds is 8. The van der Waals surface area contributed by atoms with Crippen molar-refractivity contribution >= 4 is 27.5 Å². The van der Waals surface area contributed by atoms with E-state index >= 15 is 0 Å². The molecular formula is C22H31N3O4S2. The quantitative estimate of drug-likeness (QED) is 0.545. The summed E-state index contributed by atoms with van der Waals surface area (Å²) in [6.45, 7) is 9.10. The van der Waals surface area contributed by atoms with Gasteiger partial charge in [-0.2, -0.15) is 0 Å². The van der Waals surface area contributed by atoms with Crippen LogP contribution in [0.5, 0.6) is 0 Å². The zero-order valence-corrected chi connectivity index (χ0v) is 20.3. The Labute approximate surface area is 188 Å². The largest absolute Gasteiger partial charge is 0.411 e. The van der Waals surface area contributed by atoms with E-state index in [1.54, 1.807) is 4.90 Å². The van der Waals surface area contributed by atoms with Gasteiger partial charge in [-0.05, 0) is 36.0 Å². The standard InChI is InChI=1S/C22H31N3O4S2/c1-5-6-12-25(18-11-13-31(27,28)15-18)19(26)14-30-21-24-23-20(29-21)16-7-9-17(10-8-16)22(2,3)4/h7-10,18H,5-6,11-15H2,1-4H3. The van der Waals surface area contributed by atoms with Crippen LogP contribution in [0.3, 0.4) is 0 Å². The first-order valence-corrected chi connectivity index (χ1v) is 13.5. The van der Waals surface area contributed by atoms with E-state index in [-0.39, 0.29) is 34.6 Å². The Balaban J connectivity index is 1.62. The van der Waals surface area contributed by atoms with Crippen LogP contribution in [0.15, 0.2) is 33.9 Å². The molecule has 9 heteroatoms. The van der Waals surface area contributed by atoms with Gasteiger partial charge in [0.1, 0.15) is 0 Å². The van der Waals surface area contributed by atoms with Crippen molar-refractivity contribution in [3.05, 3.63) is 29.8 Å². The van der Waals surface area contributed by atoms with Gasteiger partial charge in [-0.3, -0.25) is 4.79 Å². The molecule has 2 heterocycles. The Kier molecular flexibility index (Phi) is 7.47. The van der Waals surface area contributed by atoms with E-state index in [4.69, 9.17) is 4.42 Å². The lowest BCUT2D eigenvalue weighted by Crippen LogP contribution is -2.42. The molecular weight excluding hydrogens is 434 g/mol. The molecule has 1 unspecified atom stereocenters. The smallest absolute Gasteiger partial charge is 0.277 e. The molecule has 1 aliphatic rings. The maximum Gasteiger partial charge on any atom is 0.277 e. The second-order valence-corrected chi connectivity index (χ2v) is 12.1. The zero-order chi connectivity index (χ0) is 22.6. The Morgan fingerprint density at radius 1 is 1.23 bits per heavy atom. The number of hydrogen-bond donors (Lipinski definition) is 0. The Morgan fingerprint density at radius 3 is 2.52 bits per heavy atom. The van der Waals surface area contributed by atoms with Crippen LogP contribution in [0.25, 0.3) is 11.5 Å². The van der Waals surface area contributed by atoms with Crippen LogP contribution in [-0.2, 0) is 20.0 Å². The summed E-state index contributed by atoms with van der Waals surface area (Å²) in [5, 5.41) is 8.49. The van der Waals surface area contributed by atoms with E-state index in [1.165, 1.54) is 17.3 Å². The summed E-state index contributed by atoms with van der Waals surface area (Å²) in [6.07, 6.45) is 2.30. The van der Waals surface area contributed by atoms with Gasteiger partial charge >= 0.3 is 0 Å². The number of thioether (sulfide) groups is 1. The average Bonchev–Trinajstić information content (AvgIpc) is 3.32. The molecule has 2 aromatic rings. The third-order valence-electron chi connectivity index (χ3n) is 5.45. The van der Waals surface area contributed by atoms with Crippen molar-refractivity contribution in [2.24, 2.45) is 0 Å². The maximum absolute atomic E-state index is 12.8. The van der Waals surface area contributed by atoms with Crippen LogP contribution in [0.4, 0.5) is 0 Å². The van der Waals surface area contributed by atoms with Gasteiger partial charge in [0.05, 0.1) is 17.3 Å². The number of carbonyl (C=O) groups is 1. The van der Waals surface area contributed by atoms with Gasteiger partial charge in [0, 0.05) is 18.2 Å². The van der Waals surface area contributed by atoms with Gasteiger partial charge < -0.3 is 9.32 Å². The normalized spacial score (nSPS) is 18.3. The highest BCUT2D eigenvalue weighted by atomic mass is 32.2. The van der Waals surface area contributed by atoms with Crippen molar-refractivity contribution in [2.45, 2.75) is 63.6 Å². The van der Waals surface area contributed by atoms with E-state index < -0.39 is 9.84 Å². The molecule has 170 valence electrons. The van der Waals surface area contributed by atoms with E-state index in [1.807, 2.05) is 12.1 Å². The van der Waals surface area contributed by atoms with E-state index in [0.717, 1.165) is 18.4 Å². The highest BCUT2D eigenvalue weighted by molar-refractivity contribution is 7.99. The summed E-state index contributed by atoms with van der Waals surface area (Å²) in [4.78, 5) is 14.6. The molecule has 1 amide bonds. The molecule has 0 spiro atoms. The minimum absolute atomic E-state index is 0.0579. The fourth-order valence-electron chi connectivity index (χ4n) is 3.56. The predicted molar refractivity (Wildman–Crippen MR) is 123 cm³/mol. The van der Waals surface area contributed by atoms with Crippen LogP contribution in [0.1, 0.15) is 52.5 Å². The molecule has 0 aliphatic carbocycles. The van der Waals surface area contributed by atoms with E-state index in [2.05, 4.69) is 50.0 Å². The third-order valence-corrected chi connectivity index (χ3v) is 8.00. The molecule has 1 fully saturated rings. The Morgan fingerprint density at radius 2 is 1.94 bits per heavy atom. The van der Waals surface area contributed by atoms with Crippen LogP contribution in [-0.4, -0.2) is 59.3 Å². The molecule has 0 saturated carbocycles. The molecule has 0 N–H and O–H groups in total. The number of benzene rings is 1. The molecule has 0 radical (unpaired) electrons. The summed E-state index contributed by atoms with van der Waals surface area (Å²) in [5.74, 6) is 0.685. The minimum Gasteiger partial charge on any atom is -0.411 e. The van der Waals surface area contributed by atoms with E-state index in [9.17, 15) is 13.2 Å². The van der Waals surface area contributed by atoms with Gasteiger partial charge in [-0.15, -0.1) is 10.2 Å². The molecule has 3 rings (SSSR count). The van der Waals surface area contributed by atoms with Crippen molar-refractivity contribution in [1.29, 1.82) is 0 Å². The first-order chi connectivity index (χ1) is 14.6. The highest BCUT2D eigenvalue weighted by Gasteiger charge is 2.34. The maximum atomic E-state index is 12.8. The third kappa shape index (κ3) is 6.32. The van der Waals surface area contributed by atoms with Gasteiger partial charge in [0.2, 0.25) is 11.8 Å². The number of unbranched alkanes of at least 4 members (excludes halogenated alkanes) is 1. The number of nitrogens with zero attached hydrogens (tertiary/aromatic N) is 3.